The van der Waals surface area contributed by atoms with Crippen molar-refractivity contribution in [3.8, 4) is 0 Å². The van der Waals surface area contributed by atoms with Crippen LogP contribution in [0.4, 0.5) is 8.78 Å². The van der Waals surface area contributed by atoms with Gasteiger partial charge in [0.15, 0.2) is 0 Å². The summed E-state index contributed by atoms with van der Waals surface area (Å²) in [5, 5.41) is 3.01. The number of hydrogen-bond acceptors (Lipinski definition) is 2. The smallest absolute Gasteiger partial charge is 0.134 e. The molecular weight excluding hydrogens is 272 g/mol. The van der Waals surface area contributed by atoms with Crippen LogP contribution in [0.3, 0.4) is 0 Å². The predicted octanol–water partition coefficient (Wildman–Crippen LogP) is 3.61. The van der Waals surface area contributed by atoms with E-state index >= 15 is 0 Å². The summed E-state index contributed by atoms with van der Waals surface area (Å²) in [6.45, 7) is 2.80. The lowest BCUT2D eigenvalue weighted by molar-refractivity contribution is 0.134. The van der Waals surface area contributed by atoms with Crippen LogP contribution in [0.1, 0.15) is 33.9 Å². The van der Waals surface area contributed by atoms with E-state index in [2.05, 4.69) is 5.32 Å². The van der Waals surface area contributed by atoms with E-state index in [1.165, 1.54) is 12.1 Å². The third-order valence-electron chi connectivity index (χ3n) is 3.98. The van der Waals surface area contributed by atoms with E-state index in [0.717, 1.165) is 16.7 Å². The predicted molar refractivity (Wildman–Crippen MR) is 76.9 cm³/mol. The molecule has 2 nitrogen and oxygen atoms in total. The Labute approximate surface area is 122 Å². The molecule has 0 aliphatic carbocycles. The summed E-state index contributed by atoms with van der Waals surface area (Å²) in [5.74, 6) is -1.03. The molecule has 1 aliphatic heterocycles. The maximum atomic E-state index is 14.4. The number of fused-ring (bicyclic) bond motifs is 1. The van der Waals surface area contributed by atoms with Gasteiger partial charge in [0.1, 0.15) is 11.6 Å². The van der Waals surface area contributed by atoms with Gasteiger partial charge in [0.25, 0.3) is 0 Å². The van der Waals surface area contributed by atoms with Crippen molar-refractivity contribution in [2.45, 2.75) is 26.2 Å². The highest BCUT2D eigenvalue weighted by molar-refractivity contribution is 5.41. The van der Waals surface area contributed by atoms with E-state index in [0.29, 0.717) is 18.8 Å². The van der Waals surface area contributed by atoms with E-state index in [1.807, 2.05) is 18.2 Å². The summed E-state index contributed by atoms with van der Waals surface area (Å²) < 4.78 is 33.9. The summed E-state index contributed by atoms with van der Waals surface area (Å²) in [7, 11) is 1.70. The molecule has 0 amide bonds. The molecule has 0 saturated carbocycles. The molecule has 2 aromatic carbocycles. The van der Waals surface area contributed by atoms with Crippen molar-refractivity contribution in [3.63, 3.8) is 0 Å². The Hall–Kier alpha value is -1.78. The van der Waals surface area contributed by atoms with Gasteiger partial charge in [-0.1, -0.05) is 24.3 Å². The van der Waals surface area contributed by atoms with Crippen molar-refractivity contribution in [3.05, 3.63) is 69.8 Å². The first kappa shape index (κ1) is 14.2. The van der Waals surface area contributed by atoms with Crippen molar-refractivity contribution in [2.24, 2.45) is 0 Å². The van der Waals surface area contributed by atoms with Crippen molar-refractivity contribution in [1.29, 1.82) is 0 Å². The largest absolute Gasteiger partial charge is 0.372 e. The fraction of sp³-hybridized carbons (Fsp3) is 0.294. The highest BCUT2D eigenvalue weighted by atomic mass is 19.1. The van der Waals surface area contributed by atoms with Crippen molar-refractivity contribution in [2.75, 3.05) is 7.05 Å². The Balaban J connectivity index is 2.09. The lowest BCUT2D eigenvalue weighted by Crippen LogP contribution is -2.21. The number of aryl methyl sites for hydroxylation is 1. The lowest BCUT2D eigenvalue weighted by Gasteiger charge is -2.20. The Bertz CT molecular complexity index is 685. The van der Waals surface area contributed by atoms with Crippen LogP contribution in [0.2, 0.25) is 0 Å². The van der Waals surface area contributed by atoms with E-state index in [-0.39, 0.29) is 5.56 Å². The molecule has 1 unspecified atom stereocenters. The molecule has 110 valence electrons. The first-order valence-electron chi connectivity index (χ1n) is 6.93. The SMILES string of the molecule is CNC(c1ccc2c(c1)COC2)c1c(F)ccc(C)c1F. The van der Waals surface area contributed by atoms with Crippen LogP contribution in [-0.4, -0.2) is 7.05 Å². The molecule has 1 aliphatic rings. The van der Waals surface area contributed by atoms with Crippen LogP contribution >= 0.6 is 0 Å². The van der Waals surface area contributed by atoms with E-state index in [4.69, 9.17) is 4.74 Å². The second-order valence-electron chi connectivity index (χ2n) is 5.33. The quantitative estimate of drug-likeness (QED) is 0.932. The van der Waals surface area contributed by atoms with Crippen LogP contribution in [0, 0.1) is 18.6 Å². The molecule has 0 fully saturated rings. The highest BCUT2D eigenvalue weighted by Gasteiger charge is 2.23. The van der Waals surface area contributed by atoms with E-state index < -0.39 is 17.7 Å². The van der Waals surface area contributed by atoms with Gasteiger partial charge in [-0.2, -0.15) is 0 Å². The van der Waals surface area contributed by atoms with Gasteiger partial charge < -0.3 is 10.1 Å². The Morgan fingerprint density at radius 1 is 1.10 bits per heavy atom. The summed E-state index contributed by atoms with van der Waals surface area (Å²) >= 11 is 0. The van der Waals surface area contributed by atoms with Crippen molar-refractivity contribution in [1.82, 2.24) is 5.32 Å². The molecule has 0 bridgehead atoms. The van der Waals surface area contributed by atoms with Crippen LogP contribution in [0.5, 0.6) is 0 Å². The maximum Gasteiger partial charge on any atom is 0.134 e. The second-order valence-corrected chi connectivity index (χ2v) is 5.33. The molecular formula is C17H17F2NO. The minimum absolute atomic E-state index is 0.0661. The third kappa shape index (κ3) is 2.45. The van der Waals surface area contributed by atoms with Gasteiger partial charge >= 0.3 is 0 Å². The molecule has 1 atom stereocenters. The Morgan fingerprint density at radius 3 is 2.62 bits per heavy atom. The van der Waals surface area contributed by atoms with Crippen molar-refractivity contribution < 1.29 is 13.5 Å². The Morgan fingerprint density at radius 2 is 1.86 bits per heavy atom. The van der Waals surface area contributed by atoms with Crippen LogP contribution < -0.4 is 5.32 Å². The number of ether oxygens (including phenoxy) is 1. The first-order chi connectivity index (χ1) is 10.1. The number of nitrogens with one attached hydrogen (secondary N) is 1. The minimum Gasteiger partial charge on any atom is -0.372 e. The topological polar surface area (TPSA) is 21.3 Å². The van der Waals surface area contributed by atoms with Gasteiger partial charge in [0.2, 0.25) is 0 Å². The summed E-state index contributed by atoms with van der Waals surface area (Å²) in [6, 6.07) is 8.08. The second kappa shape index (κ2) is 5.54. The van der Waals surface area contributed by atoms with Gasteiger partial charge in [-0.15, -0.1) is 0 Å². The molecule has 0 aromatic heterocycles. The van der Waals surface area contributed by atoms with E-state index in [1.54, 1.807) is 14.0 Å². The molecule has 3 rings (SSSR count). The van der Waals surface area contributed by atoms with Crippen molar-refractivity contribution >= 4 is 0 Å². The molecule has 4 heteroatoms. The zero-order valence-electron chi connectivity index (χ0n) is 12.0. The van der Waals surface area contributed by atoms with Gasteiger partial charge in [0, 0.05) is 5.56 Å². The molecule has 1 N–H and O–H groups in total. The average Bonchev–Trinajstić information content (AvgIpc) is 2.95. The van der Waals surface area contributed by atoms with Crippen LogP contribution in [0.15, 0.2) is 30.3 Å². The number of rotatable bonds is 3. The maximum absolute atomic E-state index is 14.4. The number of benzene rings is 2. The molecule has 1 heterocycles. The minimum atomic E-state index is -0.533. The third-order valence-corrected chi connectivity index (χ3v) is 3.98. The standard InChI is InChI=1S/C17H17F2NO/c1-10-3-6-14(18)15(16(10)19)17(20-2)11-4-5-12-8-21-9-13(12)7-11/h3-7,17,20H,8-9H2,1-2H3. The van der Waals surface area contributed by atoms with Gasteiger partial charge in [-0.25, -0.2) is 8.78 Å². The molecule has 2 aromatic rings. The fourth-order valence-electron chi connectivity index (χ4n) is 2.79. The molecule has 0 spiro atoms. The molecule has 0 saturated heterocycles. The monoisotopic (exact) mass is 289 g/mol. The summed E-state index contributed by atoms with van der Waals surface area (Å²) in [5.41, 5.74) is 3.57. The fourth-order valence-corrected chi connectivity index (χ4v) is 2.79. The van der Waals surface area contributed by atoms with E-state index in [9.17, 15) is 8.78 Å². The Kier molecular flexibility index (Phi) is 3.74. The first-order valence-corrected chi connectivity index (χ1v) is 6.93. The van der Waals surface area contributed by atoms with Gasteiger partial charge in [0.05, 0.1) is 19.3 Å². The van der Waals surface area contributed by atoms with Crippen LogP contribution in [-0.2, 0) is 18.0 Å². The summed E-state index contributed by atoms with van der Waals surface area (Å²) in [6.07, 6.45) is 0. The number of hydrogen-bond donors (Lipinski definition) is 1. The average molecular weight is 289 g/mol. The number of halogens is 2. The van der Waals surface area contributed by atoms with Gasteiger partial charge in [-0.3, -0.25) is 0 Å². The lowest BCUT2D eigenvalue weighted by atomic mass is 9.94. The van der Waals surface area contributed by atoms with Gasteiger partial charge in [-0.05, 0) is 42.3 Å². The zero-order valence-corrected chi connectivity index (χ0v) is 12.0. The molecule has 21 heavy (non-hydrogen) atoms. The summed E-state index contributed by atoms with van der Waals surface area (Å²) in [4.78, 5) is 0. The highest BCUT2D eigenvalue weighted by Crippen LogP contribution is 2.31. The normalized spacial score (nSPS) is 15.0. The molecule has 0 radical (unpaired) electrons. The van der Waals surface area contributed by atoms with Crippen LogP contribution in [0.25, 0.3) is 0 Å². The zero-order chi connectivity index (χ0) is 15.0.